The number of rotatable bonds is 4. The third-order valence-electron chi connectivity index (χ3n) is 5.79. The molecule has 2 fully saturated rings. The normalized spacial score (nSPS) is 22.7. The number of hydrogen-bond acceptors (Lipinski definition) is 4. The zero-order valence-corrected chi connectivity index (χ0v) is 16.3. The van der Waals surface area contributed by atoms with Crippen LogP contribution in [0.25, 0.3) is 0 Å². The zero-order valence-electron chi connectivity index (χ0n) is 16.3. The van der Waals surface area contributed by atoms with E-state index >= 15 is 0 Å². The molecule has 1 N–H and O–H groups in total. The van der Waals surface area contributed by atoms with E-state index in [-0.39, 0.29) is 17.3 Å². The van der Waals surface area contributed by atoms with Gasteiger partial charge in [-0.1, -0.05) is 12.1 Å². The van der Waals surface area contributed by atoms with E-state index in [1.807, 2.05) is 11.0 Å². The number of nitrogens with one attached hydrogen (secondary N) is 1. The Morgan fingerprint density at radius 3 is 3.00 bits per heavy atom. The molecule has 1 unspecified atom stereocenters. The van der Waals surface area contributed by atoms with E-state index in [1.54, 1.807) is 17.1 Å². The first kappa shape index (κ1) is 18.9. The fourth-order valence-electron chi connectivity index (χ4n) is 4.48. The highest BCUT2D eigenvalue weighted by Crippen LogP contribution is 2.38. The Bertz CT molecular complexity index is 840. The van der Waals surface area contributed by atoms with Crippen molar-refractivity contribution in [1.29, 1.82) is 0 Å². The molecule has 2 aliphatic rings. The average Bonchev–Trinajstić information content (AvgIpc) is 3.27. The summed E-state index contributed by atoms with van der Waals surface area (Å²) in [4.78, 5) is 21.1. The highest BCUT2D eigenvalue weighted by atomic mass is 19.1. The molecule has 1 aromatic carbocycles. The van der Waals surface area contributed by atoms with Gasteiger partial charge in [0, 0.05) is 25.0 Å². The van der Waals surface area contributed by atoms with Crippen LogP contribution in [-0.2, 0) is 13.1 Å². The van der Waals surface area contributed by atoms with Crippen molar-refractivity contribution >= 4 is 6.03 Å². The molecule has 0 aliphatic carbocycles. The highest BCUT2D eigenvalue weighted by Gasteiger charge is 2.41. The molecule has 3 heterocycles. The van der Waals surface area contributed by atoms with E-state index in [2.05, 4.69) is 27.3 Å². The van der Waals surface area contributed by atoms with E-state index < -0.39 is 0 Å². The van der Waals surface area contributed by atoms with Crippen LogP contribution in [0.2, 0.25) is 0 Å². The molecular formula is C20H27FN6O. The fraction of sp³-hybridized carbons (Fsp3) is 0.550. The average molecular weight is 386 g/mol. The monoisotopic (exact) mass is 386 g/mol. The van der Waals surface area contributed by atoms with Crippen LogP contribution < -0.4 is 5.32 Å². The van der Waals surface area contributed by atoms with E-state index in [1.165, 1.54) is 25.0 Å². The van der Waals surface area contributed by atoms with Crippen molar-refractivity contribution < 1.29 is 9.18 Å². The number of amides is 2. The molecule has 2 aromatic rings. The first-order valence-electron chi connectivity index (χ1n) is 9.85. The molecule has 0 saturated carbocycles. The summed E-state index contributed by atoms with van der Waals surface area (Å²) in [5.41, 5.74) is 1.08. The summed E-state index contributed by atoms with van der Waals surface area (Å²) in [6.45, 7) is 4.59. The van der Waals surface area contributed by atoms with Crippen LogP contribution in [0.5, 0.6) is 0 Å². The Labute approximate surface area is 164 Å². The zero-order chi connectivity index (χ0) is 19.6. The number of urea groups is 1. The van der Waals surface area contributed by atoms with Crippen LogP contribution in [-0.4, -0.2) is 63.8 Å². The first-order chi connectivity index (χ1) is 13.5. The largest absolute Gasteiger partial charge is 0.331 e. The van der Waals surface area contributed by atoms with Crippen molar-refractivity contribution in [3.05, 3.63) is 47.8 Å². The third-order valence-corrected chi connectivity index (χ3v) is 5.79. The van der Waals surface area contributed by atoms with E-state index in [0.717, 1.165) is 38.2 Å². The molecule has 2 amide bonds. The molecule has 28 heavy (non-hydrogen) atoms. The van der Waals surface area contributed by atoms with Gasteiger partial charge in [-0.15, -0.1) is 0 Å². The smallest absolute Gasteiger partial charge is 0.317 e. The minimum Gasteiger partial charge on any atom is -0.331 e. The van der Waals surface area contributed by atoms with Gasteiger partial charge < -0.3 is 15.1 Å². The van der Waals surface area contributed by atoms with Gasteiger partial charge in [0.25, 0.3) is 0 Å². The van der Waals surface area contributed by atoms with Crippen molar-refractivity contribution in [3.63, 3.8) is 0 Å². The van der Waals surface area contributed by atoms with Crippen LogP contribution in [0.1, 0.15) is 30.7 Å². The van der Waals surface area contributed by atoms with Crippen LogP contribution in [0.4, 0.5) is 9.18 Å². The lowest BCUT2D eigenvalue weighted by Gasteiger charge is -2.38. The van der Waals surface area contributed by atoms with Gasteiger partial charge in [-0.3, -0.25) is 0 Å². The molecule has 1 aromatic heterocycles. The van der Waals surface area contributed by atoms with Crippen molar-refractivity contribution in [2.75, 3.05) is 33.2 Å². The first-order valence-corrected chi connectivity index (χ1v) is 9.85. The summed E-state index contributed by atoms with van der Waals surface area (Å²) in [5, 5.41) is 7.31. The van der Waals surface area contributed by atoms with Gasteiger partial charge in [0.15, 0.2) is 5.82 Å². The van der Waals surface area contributed by atoms with Gasteiger partial charge in [0.1, 0.15) is 12.1 Å². The van der Waals surface area contributed by atoms with E-state index in [0.29, 0.717) is 18.9 Å². The highest BCUT2D eigenvalue weighted by molar-refractivity contribution is 5.74. The molecule has 150 valence electrons. The van der Waals surface area contributed by atoms with Gasteiger partial charge in [-0.2, -0.15) is 5.10 Å². The Hall–Kier alpha value is -2.48. The number of piperidine rings is 1. The second-order valence-corrected chi connectivity index (χ2v) is 8.16. The molecule has 2 saturated heterocycles. The number of halogens is 1. The minimum atomic E-state index is -0.266. The maximum Gasteiger partial charge on any atom is 0.317 e. The molecule has 1 spiro atoms. The molecule has 2 aliphatic heterocycles. The summed E-state index contributed by atoms with van der Waals surface area (Å²) in [7, 11) is 2.16. The van der Waals surface area contributed by atoms with Crippen LogP contribution in [0, 0.1) is 11.2 Å². The predicted octanol–water partition coefficient (Wildman–Crippen LogP) is 2.09. The topological polar surface area (TPSA) is 66.3 Å². The summed E-state index contributed by atoms with van der Waals surface area (Å²) < 4.78 is 14.9. The maximum absolute atomic E-state index is 13.3. The fourth-order valence-corrected chi connectivity index (χ4v) is 4.48. The Morgan fingerprint density at radius 1 is 1.29 bits per heavy atom. The van der Waals surface area contributed by atoms with Crippen molar-refractivity contribution in [1.82, 2.24) is 29.9 Å². The molecule has 1 atom stereocenters. The van der Waals surface area contributed by atoms with Gasteiger partial charge in [0.2, 0.25) is 0 Å². The lowest BCUT2D eigenvalue weighted by Crippen LogP contribution is -2.45. The van der Waals surface area contributed by atoms with Crippen LogP contribution in [0.15, 0.2) is 30.6 Å². The standard InChI is InChI=1S/C20H27FN6O/c1-25-8-3-6-20(13-25)7-9-26(14-20)19(28)22-11-18-23-15-27(24-18)12-16-4-2-5-17(21)10-16/h2,4-5,10,15H,3,6-9,11-14H2,1H3,(H,22,28). The number of carbonyl (C=O) groups excluding carboxylic acids is 1. The lowest BCUT2D eigenvalue weighted by atomic mass is 9.79. The molecule has 4 rings (SSSR count). The summed E-state index contributed by atoms with van der Waals surface area (Å²) in [6.07, 6.45) is 5.09. The second kappa shape index (κ2) is 7.87. The van der Waals surface area contributed by atoms with Crippen LogP contribution in [0.3, 0.4) is 0 Å². The van der Waals surface area contributed by atoms with Gasteiger partial charge in [-0.05, 0) is 50.6 Å². The number of aromatic nitrogens is 3. The molecule has 8 heteroatoms. The minimum absolute atomic E-state index is 0.0495. The summed E-state index contributed by atoms with van der Waals surface area (Å²) >= 11 is 0. The maximum atomic E-state index is 13.3. The number of likely N-dealkylation sites (tertiary alicyclic amines) is 2. The van der Waals surface area contributed by atoms with Gasteiger partial charge in [0.05, 0.1) is 13.1 Å². The predicted molar refractivity (Wildman–Crippen MR) is 103 cm³/mol. The van der Waals surface area contributed by atoms with Gasteiger partial charge >= 0.3 is 6.03 Å². The van der Waals surface area contributed by atoms with Crippen molar-refractivity contribution in [2.24, 2.45) is 5.41 Å². The number of hydrogen-bond donors (Lipinski definition) is 1. The molecule has 0 bridgehead atoms. The quantitative estimate of drug-likeness (QED) is 0.874. The second-order valence-electron chi connectivity index (χ2n) is 8.16. The molecular weight excluding hydrogens is 359 g/mol. The molecule has 7 nitrogen and oxygen atoms in total. The van der Waals surface area contributed by atoms with Gasteiger partial charge in [-0.25, -0.2) is 18.9 Å². The Morgan fingerprint density at radius 2 is 2.18 bits per heavy atom. The Balaban J connectivity index is 1.28. The van der Waals surface area contributed by atoms with Crippen molar-refractivity contribution in [3.8, 4) is 0 Å². The molecule has 0 radical (unpaired) electrons. The summed E-state index contributed by atoms with van der Waals surface area (Å²) in [5.74, 6) is 0.286. The lowest BCUT2D eigenvalue weighted by molar-refractivity contribution is 0.115. The number of carbonyl (C=O) groups is 1. The van der Waals surface area contributed by atoms with Crippen LogP contribution >= 0.6 is 0 Å². The SMILES string of the molecule is CN1CCCC2(CCN(C(=O)NCc3ncn(Cc4cccc(F)c4)n3)C2)C1. The van der Waals surface area contributed by atoms with E-state index in [9.17, 15) is 9.18 Å². The van der Waals surface area contributed by atoms with E-state index in [4.69, 9.17) is 0 Å². The number of nitrogens with zero attached hydrogens (tertiary/aromatic N) is 5. The summed E-state index contributed by atoms with van der Waals surface area (Å²) in [6, 6.07) is 6.37. The Kier molecular flexibility index (Phi) is 5.30. The third kappa shape index (κ3) is 4.32. The van der Waals surface area contributed by atoms with Crippen molar-refractivity contribution in [2.45, 2.75) is 32.4 Å². The number of benzene rings is 1.